The molecule has 4 aromatic rings. The predicted molar refractivity (Wildman–Crippen MR) is 113 cm³/mol. The lowest BCUT2D eigenvalue weighted by molar-refractivity contribution is 0.0699. The van der Waals surface area contributed by atoms with Crippen molar-refractivity contribution in [1.82, 2.24) is 4.98 Å². The van der Waals surface area contributed by atoms with Crippen molar-refractivity contribution in [3.63, 3.8) is 0 Å². The highest BCUT2D eigenvalue weighted by molar-refractivity contribution is 6.04. The number of rotatable bonds is 4. The summed E-state index contributed by atoms with van der Waals surface area (Å²) in [6.45, 7) is 2.05. The molecule has 0 aliphatic carbocycles. The Kier molecular flexibility index (Phi) is 4.69. The molecule has 6 heteroatoms. The van der Waals surface area contributed by atoms with Crippen LogP contribution >= 0.6 is 0 Å². The van der Waals surface area contributed by atoms with E-state index in [9.17, 15) is 9.90 Å². The van der Waals surface area contributed by atoms with Crippen molar-refractivity contribution in [1.29, 1.82) is 0 Å². The quantitative estimate of drug-likeness (QED) is 0.248. The third-order valence-corrected chi connectivity index (χ3v) is 4.75. The molecule has 1 heterocycles. The number of benzene rings is 3. The molecule has 0 fully saturated rings. The van der Waals surface area contributed by atoms with Crippen molar-refractivity contribution >= 4 is 22.6 Å². The molecule has 0 aliphatic rings. The Balaban J connectivity index is 1.79. The van der Waals surface area contributed by atoms with Crippen LogP contribution in [0.5, 0.6) is 0 Å². The van der Waals surface area contributed by atoms with Gasteiger partial charge in [0.05, 0.1) is 16.8 Å². The molecule has 6 nitrogen and oxygen atoms in total. The molecule has 0 saturated carbocycles. The number of aryl methyl sites for hydroxylation is 1. The highest BCUT2D eigenvalue weighted by Crippen LogP contribution is 2.29. The van der Waals surface area contributed by atoms with Crippen LogP contribution in [-0.4, -0.2) is 16.1 Å². The Morgan fingerprint density at radius 2 is 1.55 bits per heavy atom. The van der Waals surface area contributed by atoms with Gasteiger partial charge in [-0.05, 0) is 41.8 Å². The van der Waals surface area contributed by atoms with Crippen LogP contribution in [0, 0.1) is 6.92 Å². The summed E-state index contributed by atoms with van der Waals surface area (Å²) in [5, 5.41) is 13.6. The van der Waals surface area contributed by atoms with Crippen molar-refractivity contribution in [3.8, 4) is 22.4 Å². The number of carbonyl (C=O) groups is 1. The molecule has 29 heavy (non-hydrogen) atoms. The molecule has 0 aliphatic heterocycles. The SMILES string of the molecule is Cc1ccc(-c2ccc(-c3cc(C(=O)O)c4cc(N=[N+]=[N-])ccc4n3)cc2)cc1. The van der Waals surface area contributed by atoms with E-state index >= 15 is 0 Å². The molecule has 0 bridgehead atoms. The largest absolute Gasteiger partial charge is 0.478 e. The Labute approximate surface area is 166 Å². The predicted octanol–water partition coefficient (Wildman–Crippen LogP) is 6.52. The van der Waals surface area contributed by atoms with Gasteiger partial charge in [-0.1, -0.05) is 65.3 Å². The molecule has 0 spiro atoms. The molecule has 1 N–H and O–H groups in total. The number of fused-ring (bicyclic) bond motifs is 1. The van der Waals surface area contributed by atoms with Gasteiger partial charge in [0.25, 0.3) is 0 Å². The van der Waals surface area contributed by atoms with E-state index in [4.69, 9.17) is 5.53 Å². The molecule has 3 aromatic carbocycles. The van der Waals surface area contributed by atoms with Crippen molar-refractivity contribution in [2.45, 2.75) is 6.92 Å². The summed E-state index contributed by atoms with van der Waals surface area (Å²) in [6.07, 6.45) is 0. The van der Waals surface area contributed by atoms with Gasteiger partial charge in [0.2, 0.25) is 0 Å². The fourth-order valence-corrected chi connectivity index (χ4v) is 3.23. The topological polar surface area (TPSA) is 99.0 Å². The van der Waals surface area contributed by atoms with Crippen molar-refractivity contribution in [3.05, 3.63) is 94.4 Å². The van der Waals surface area contributed by atoms with Crippen LogP contribution in [0.1, 0.15) is 15.9 Å². The molecule has 0 amide bonds. The van der Waals surface area contributed by atoms with Crippen LogP contribution in [0.15, 0.2) is 77.9 Å². The lowest BCUT2D eigenvalue weighted by Crippen LogP contribution is -2.00. The molecular formula is C23H16N4O2. The number of pyridine rings is 1. The maximum atomic E-state index is 11.8. The van der Waals surface area contributed by atoms with Crippen LogP contribution in [0.4, 0.5) is 5.69 Å². The zero-order valence-corrected chi connectivity index (χ0v) is 15.6. The molecular weight excluding hydrogens is 364 g/mol. The second-order valence-corrected chi connectivity index (χ2v) is 6.69. The van der Waals surface area contributed by atoms with Crippen LogP contribution < -0.4 is 0 Å². The van der Waals surface area contributed by atoms with Crippen molar-refractivity contribution < 1.29 is 9.90 Å². The average molecular weight is 380 g/mol. The van der Waals surface area contributed by atoms with E-state index in [1.807, 2.05) is 31.2 Å². The fourth-order valence-electron chi connectivity index (χ4n) is 3.23. The minimum absolute atomic E-state index is 0.114. The van der Waals surface area contributed by atoms with Crippen LogP contribution in [0.2, 0.25) is 0 Å². The third kappa shape index (κ3) is 3.65. The maximum Gasteiger partial charge on any atom is 0.336 e. The summed E-state index contributed by atoms with van der Waals surface area (Å²) >= 11 is 0. The van der Waals surface area contributed by atoms with E-state index < -0.39 is 5.97 Å². The number of aromatic carboxylic acids is 1. The van der Waals surface area contributed by atoms with Crippen LogP contribution in [0.25, 0.3) is 43.7 Å². The number of nitrogens with zero attached hydrogens (tertiary/aromatic N) is 4. The van der Waals surface area contributed by atoms with E-state index in [1.54, 1.807) is 18.2 Å². The van der Waals surface area contributed by atoms with E-state index in [0.29, 0.717) is 22.3 Å². The smallest absolute Gasteiger partial charge is 0.336 e. The first-order chi connectivity index (χ1) is 14.0. The van der Waals surface area contributed by atoms with Gasteiger partial charge in [0.1, 0.15) is 0 Å². The molecule has 0 radical (unpaired) electrons. The standard InChI is InChI=1S/C23H16N4O2/c1-14-2-4-15(5-3-14)16-6-8-17(9-7-16)22-13-20(23(28)29)19-12-18(26-27-24)10-11-21(19)25-22/h2-13H,1H3,(H,28,29). The lowest BCUT2D eigenvalue weighted by atomic mass is 10.00. The number of azide groups is 1. The number of carboxylic acids is 1. The summed E-state index contributed by atoms with van der Waals surface area (Å²) in [5.74, 6) is -1.06. The molecule has 140 valence electrons. The highest BCUT2D eigenvalue weighted by Gasteiger charge is 2.13. The van der Waals surface area contributed by atoms with Gasteiger partial charge in [-0.15, -0.1) is 0 Å². The average Bonchev–Trinajstić information content (AvgIpc) is 2.74. The van der Waals surface area contributed by atoms with Gasteiger partial charge >= 0.3 is 5.97 Å². The van der Waals surface area contributed by atoms with E-state index in [0.717, 1.165) is 16.7 Å². The van der Waals surface area contributed by atoms with Gasteiger partial charge in [0.15, 0.2) is 0 Å². The Morgan fingerprint density at radius 1 is 0.931 bits per heavy atom. The van der Waals surface area contributed by atoms with E-state index in [-0.39, 0.29) is 5.56 Å². The summed E-state index contributed by atoms with van der Waals surface area (Å²) in [5.41, 5.74) is 14.4. The van der Waals surface area contributed by atoms with Crippen LogP contribution in [-0.2, 0) is 0 Å². The molecule has 0 saturated heterocycles. The van der Waals surface area contributed by atoms with Gasteiger partial charge < -0.3 is 5.11 Å². The molecule has 1 aromatic heterocycles. The summed E-state index contributed by atoms with van der Waals surface area (Å²) in [4.78, 5) is 19.2. The summed E-state index contributed by atoms with van der Waals surface area (Å²) < 4.78 is 0. The Morgan fingerprint density at radius 3 is 2.17 bits per heavy atom. The third-order valence-electron chi connectivity index (χ3n) is 4.75. The number of carboxylic acid groups (broad SMARTS) is 1. The molecule has 0 atom stereocenters. The number of hydrogen-bond acceptors (Lipinski definition) is 3. The highest BCUT2D eigenvalue weighted by atomic mass is 16.4. The van der Waals surface area contributed by atoms with E-state index in [1.165, 1.54) is 11.6 Å². The zero-order valence-electron chi connectivity index (χ0n) is 15.6. The van der Waals surface area contributed by atoms with Crippen molar-refractivity contribution in [2.75, 3.05) is 0 Å². The van der Waals surface area contributed by atoms with Gasteiger partial charge in [-0.3, -0.25) is 0 Å². The van der Waals surface area contributed by atoms with Gasteiger partial charge in [0, 0.05) is 21.5 Å². The van der Waals surface area contributed by atoms with E-state index in [2.05, 4.69) is 39.3 Å². The normalized spacial score (nSPS) is 10.5. The maximum absolute atomic E-state index is 11.8. The Bertz CT molecular complexity index is 1270. The number of aromatic nitrogens is 1. The lowest BCUT2D eigenvalue weighted by Gasteiger charge is -2.09. The minimum Gasteiger partial charge on any atom is -0.478 e. The van der Waals surface area contributed by atoms with Gasteiger partial charge in [-0.25, -0.2) is 9.78 Å². The van der Waals surface area contributed by atoms with Crippen molar-refractivity contribution in [2.24, 2.45) is 5.11 Å². The first kappa shape index (κ1) is 18.2. The van der Waals surface area contributed by atoms with Gasteiger partial charge in [-0.2, -0.15) is 0 Å². The first-order valence-corrected chi connectivity index (χ1v) is 8.96. The van der Waals surface area contributed by atoms with Crippen LogP contribution in [0.3, 0.4) is 0 Å². The zero-order chi connectivity index (χ0) is 20.4. The first-order valence-electron chi connectivity index (χ1n) is 8.96. The fraction of sp³-hybridized carbons (Fsp3) is 0.0435. The summed E-state index contributed by atoms with van der Waals surface area (Å²) in [7, 11) is 0. The minimum atomic E-state index is -1.06. The Hall–Kier alpha value is -4.15. The molecule has 4 rings (SSSR count). The second-order valence-electron chi connectivity index (χ2n) is 6.69. The summed E-state index contributed by atoms with van der Waals surface area (Å²) in [6, 6.07) is 22.5. The number of hydrogen-bond donors (Lipinski definition) is 1. The second kappa shape index (κ2) is 7.46. The molecule has 0 unspecified atom stereocenters. The monoisotopic (exact) mass is 380 g/mol.